The molecule has 4 bridgehead atoms. The molecule has 1 aliphatic carbocycles. The number of phenolic OH excluding ortho intramolecular Hbond substituents is 1. The summed E-state index contributed by atoms with van der Waals surface area (Å²) >= 11 is 0. The SMILES string of the molecule is CC1=CC=CC(C)C(O)C(C)C(O)CC(O)C(C)C(O)C(C)C=C(C)C(=O)c2c(O)c(C)cc3c2C(=O)C(C)=C(NC1=O)C3=O. The van der Waals surface area contributed by atoms with Crippen molar-refractivity contribution in [2.75, 3.05) is 0 Å². The second-order valence-electron chi connectivity index (χ2n) is 12.7. The third-order valence-corrected chi connectivity index (χ3v) is 9.21. The van der Waals surface area contributed by atoms with Gasteiger partial charge in [0.1, 0.15) is 5.75 Å². The van der Waals surface area contributed by atoms with Gasteiger partial charge in [0.05, 0.1) is 35.7 Å². The maximum Gasteiger partial charge on any atom is 0.251 e. The van der Waals surface area contributed by atoms with Gasteiger partial charge in [-0.3, -0.25) is 19.2 Å². The number of carbonyl (C=O) groups is 4. The molecule has 2 heterocycles. The molecule has 0 saturated heterocycles. The topological polar surface area (TPSA) is 181 Å². The van der Waals surface area contributed by atoms with E-state index in [-0.39, 0.29) is 51.1 Å². The first-order chi connectivity index (χ1) is 20.9. The molecule has 0 radical (unpaired) electrons. The monoisotopic (exact) mass is 623 g/mol. The van der Waals surface area contributed by atoms with Crippen molar-refractivity contribution >= 4 is 23.3 Å². The molecule has 0 saturated carbocycles. The molecule has 0 aromatic heterocycles. The molecule has 1 aromatic rings. The molecule has 1 amide bonds. The fraction of sp³-hybridized carbons (Fsp3) is 0.486. The molecule has 4 rings (SSSR count). The smallest absolute Gasteiger partial charge is 0.251 e. The van der Waals surface area contributed by atoms with Crippen LogP contribution in [-0.4, -0.2) is 73.2 Å². The van der Waals surface area contributed by atoms with Crippen molar-refractivity contribution < 1.29 is 44.7 Å². The Balaban J connectivity index is 2.18. The highest BCUT2D eigenvalue weighted by Crippen LogP contribution is 2.37. The number of allylic oxidation sites excluding steroid dienone is 5. The summed E-state index contributed by atoms with van der Waals surface area (Å²) in [6.07, 6.45) is 1.67. The van der Waals surface area contributed by atoms with E-state index in [1.165, 1.54) is 45.9 Å². The van der Waals surface area contributed by atoms with Crippen LogP contribution in [0, 0.1) is 30.6 Å². The van der Waals surface area contributed by atoms with E-state index in [4.69, 9.17) is 0 Å². The lowest BCUT2D eigenvalue weighted by molar-refractivity contribution is -0.116. The number of benzene rings is 1. The Hall–Kier alpha value is -3.70. The highest BCUT2D eigenvalue weighted by atomic mass is 16.3. The van der Waals surface area contributed by atoms with Crippen molar-refractivity contribution in [3.63, 3.8) is 0 Å². The molecule has 45 heavy (non-hydrogen) atoms. The normalized spacial score (nSPS) is 31.1. The molecule has 10 heteroatoms. The van der Waals surface area contributed by atoms with Gasteiger partial charge >= 0.3 is 0 Å². The molecular weight excluding hydrogens is 578 g/mol. The van der Waals surface area contributed by atoms with Crippen molar-refractivity contribution in [2.24, 2.45) is 23.7 Å². The molecule has 10 nitrogen and oxygen atoms in total. The Morgan fingerprint density at radius 3 is 1.87 bits per heavy atom. The fourth-order valence-corrected chi connectivity index (χ4v) is 5.83. The van der Waals surface area contributed by atoms with Crippen LogP contribution in [0.15, 0.2) is 52.8 Å². The zero-order chi connectivity index (χ0) is 34.1. The zero-order valence-electron chi connectivity index (χ0n) is 27.1. The summed E-state index contributed by atoms with van der Waals surface area (Å²) in [6, 6.07) is 1.31. The van der Waals surface area contributed by atoms with E-state index in [1.807, 2.05) is 0 Å². The number of aromatic hydroxyl groups is 1. The molecule has 2 aliphatic heterocycles. The summed E-state index contributed by atoms with van der Waals surface area (Å²) in [5.41, 5.74) is -0.612. The van der Waals surface area contributed by atoms with Crippen LogP contribution in [0.2, 0.25) is 0 Å². The second-order valence-corrected chi connectivity index (χ2v) is 12.7. The van der Waals surface area contributed by atoms with E-state index < -0.39 is 77.1 Å². The number of aliphatic hydroxyl groups is 4. The van der Waals surface area contributed by atoms with Gasteiger partial charge in [0.2, 0.25) is 5.78 Å². The number of amides is 1. The number of rotatable bonds is 0. The van der Waals surface area contributed by atoms with Gasteiger partial charge in [0, 0.05) is 45.9 Å². The average Bonchev–Trinajstić information content (AvgIpc) is 2.99. The second kappa shape index (κ2) is 14.2. The van der Waals surface area contributed by atoms with Crippen LogP contribution in [0.25, 0.3) is 0 Å². The predicted molar refractivity (Wildman–Crippen MR) is 169 cm³/mol. The highest BCUT2D eigenvalue weighted by molar-refractivity contribution is 6.31. The van der Waals surface area contributed by atoms with Gasteiger partial charge in [-0.1, -0.05) is 52.0 Å². The summed E-state index contributed by atoms with van der Waals surface area (Å²) < 4.78 is 0. The lowest BCUT2D eigenvalue weighted by atomic mass is 9.80. The summed E-state index contributed by atoms with van der Waals surface area (Å²) in [7, 11) is 0. The third-order valence-electron chi connectivity index (χ3n) is 9.21. The van der Waals surface area contributed by atoms with Crippen LogP contribution < -0.4 is 5.32 Å². The number of hydrogen-bond acceptors (Lipinski definition) is 9. The maximum atomic E-state index is 13.8. The summed E-state index contributed by atoms with van der Waals surface area (Å²) in [5, 5.41) is 57.1. The number of fused-ring (bicyclic) bond motifs is 15. The molecule has 6 N–H and O–H groups in total. The summed E-state index contributed by atoms with van der Waals surface area (Å²) in [6.45, 7) is 12.5. The van der Waals surface area contributed by atoms with E-state index in [0.717, 1.165) is 0 Å². The van der Waals surface area contributed by atoms with E-state index >= 15 is 0 Å². The Morgan fingerprint density at radius 1 is 0.733 bits per heavy atom. The molecule has 244 valence electrons. The van der Waals surface area contributed by atoms with Crippen LogP contribution >= 0.6 is 0 Å². The first-order valence-corrected chi connectivity index (χ1v) is 15.2. The van der Waals surface area contributed by atoms with E-state index in [2.05, 4.69) is 5.32 Å². The average molecular weight is 624 g/mol. The predicted octanol–water partition coefficient (Wildman–Crippen LogP) is 3.49. The number of phenols is 1. The molecule has 3 aliphatic rings. The number of hydrogen-bond donors (Lipinski definition) is 6. The molecular formula is C35H45NO9. The van der Waals surface area contributed by atoms with Crippen molar-refractivity contribution in [1.82, 2.24) is 5.32 Å². The Morgan fingerprint density at radius 2 is 1.29 bits per heavy atom. The number of carbonyl (C=O) groups excluding carboxylic acids is 4. The maximum absolute atomic E-state index is 13.8. The largest absolute Gasteiger partial charge is 0.507 e. The summed E-state index contributed by atoms with van der Waals surface area (Å²) in [4.78, 5) is 54.1. The number of aliphatic hydroxyl groups excluding tert-OH is 4. The van der Waals surface area contributed by atoms with Gasteiger partial charge in [-0.2, -0.15) is 0 Å². The quantitative estimate of drug-likeness (QED) is 0.252. The van der Waals surface area contributed by atoms with Crippen LogP contribution in [0.1, 0.15) is 91.5 Å². The number of ketones is 3. The van der Waals surface area contributed by atoms with Crippen molar-refractivity contribution in [3.05, 3.63) is 75.0 Å². The first kappa shape index (κ1) is 35.8. The van der Waals surface area contributed by atoms with E-state index in [1.54, 1.807) is 39.8 Å². The van der Waals surface area contributed by atoms with Gasteiger partial charge < -0.3 is 30.8 Å². The number of aryl methyl sites for hydroxylation is 1. The molecule has 0 fully saturated rings. The summed E-state index contributed by atoms with van der Waals surface area (Å²) in [5.74, 6) is -5.71. The van der Waals surface area contributed by atoms with Gasteiger partial charge in [0.15, 0.2) is 11.6 Å². The van der Waals surface area contributed by atoms with Gasteiger partial charge in [0.25, 0.3) is 5.91 Å². The minimum absolute atomic E-state index is 0.0877. The molecule has 0 spiro atoms. The van der Waals surface area contributed by atoms with Crippen LogP contribution in [-0.2, 0) is 4.79 Å². The van der Waals surface area contributed by atoms with Gasteiger partial charge in [-0.05, 0) is 51.3 Å². The Kier molecular flexibility index (Phi) is 11.3. The molecule has 1 aromatic carbocycles. The number of Topliss-reactive ketones (excluding diaryl/α,β-unsaturated/α-hetero) is 3. The van der Waals surface area contributed by atoms with Crippen molar-refractivity contribution in [3.8, 4) is 5.75 Å². The van der Waals surface area contributed by atoms with E-state index in [0.29, 0.717) is 0 Å². The molecule has 8 unspecified atom stereocenters. The van der Waals surface area contributed by atoms with Crippen LogP contribution in [0.3, 0.4) is 0 Å². The van der Waals surface area contributed by atoms with Crippen LogP contribution in [0.5, 0.6) is 5.75 Å². The standard InChI is InChI=1S/C35H45NO9/c1-15-10-9-11-16(2)35(45)36-28-22(8)33(43)26-23(34(28)44)13-19(5)32(42)27(26)31(41)18(4)12-17(3)30(40)21(7)25(38)14-24(37)20(6)29(15)39/h9-13,15,17,20-21,24-25,29-30,37-40,42H,14H2,1-8H3,(H,36,45). The lowest BCUT2D eigenvalue weighted by Gasteiger charge is -2.32. The van der Waals surface area contributed by atoms with E-state index in [9.17, 15) is 44.7 Å². The Bertz CT molecular complexity index is 1510. The molecule has 8 atom stereocenters. The lowest BCUT2D eigenvalue weighted by Crippen LogP contribution is -2.40. The van der Waals surface area contributed by atoms with Crippen molar-refractivity contribution in [1.29, 1.82) is 0 Å². The van der Waals surface area contributed by atoms with Gasteiger partial charge in [-0.15, -0.1) is 0 Å². The first-order valence-electron chi connectivity index (χ1n) is 15.2. The minimum Gasteiger partial charge on any atom is -0.507 e. The third kappa shape index (κ3) is 7.25. The fourth-order valence-electron chi connectivity index (χ4n) is 5.83. The van der Waals surface area contributed by atoms with Gasteiger partial charge in [-0.25, -0.2) is 0 Å². The highest BCUT2D eigenvalue weighted by Gasteiger charge is 2.38. The number of nitrogens with one attached hydrogen (secondary N) is 1. The van der Waals surface area contributed by atoms with Crippen LogP contribution in [0.4, 0.5) is 0 Å². The minimum atomic E-state index is -1.15. The van der Waals surface area contributed by atoms with Crippen molar-refractivity contribution in [2.45, 2.75) is 86.2 Å². The Labute approximate surface area is 263 Å². The zero-order valence-corrected chi connectivity index (χ0v) is 27.1.